The van der Waals surface area contributed by atoms with Gasteiger partial charge >= 0.3 is 0 Å². The standard InChI is InChI=1S/C16H11NO2/c1-18-14-7-6-13-8-15(19-16(13)9-14)12-4-2-11(10-17)3-5-12/h2-9H,1H3. The lowest BCUT2D eigenvalue weighted by Crippen LogP contribution is -1.79. The van der Waals surface area contributed by atoms with Gasteiger partial charge in [-0.15, -0.1) is 0 Å². The molecular formula is C16H11NO2. The van der Waals surface area contributed by atoms with Crippen molar-refractivity contribution in [3.63, 3.8) is 0 Å². The average molecular weight is 249 g/mol. The SMILES string of the molecule is COc1ccc2cc(-c3ccc(C#N)cc3)oc2c1. The molecule has 3 heteroatoms. The van der Waals surface area contributed by atoms with E-state index in [1.165, 1.54) is 0 Å². The van der Waals surface area contributed by atoms with Crippen LogP contribution in [-0.2, 0) is 0 Å². The van der Waals surface area contributed by atoms with E-state index >= 15 is 0 Å². The van der Waals surface area contributed by atoms with E-state index in [1.54, 1.807) is 19.2 Å². The smallest absolute Gasteiger partial charge is 0.138 e. The van der Waals surface area contributed by atoms with Gasteiger partial charge in [-0.2, -0.15) is 5.26 Å². The highest BCUT2D eigenvalue weighted by Crippen LogP contribution is 2.30. The van der Waals surface area contributed by atoms with Gasteiger partial charge in [0.15, 0.2) is 0 Å². The van der Waals surface area contributed by atoms with Crippen LogP contribution < -0.4 is 4.74 Å². The second-order valence-electron chi connectivity index (χ2n) is 4.20. The molecule has 92 valence electrons. The van der Waals surface area contributed by atoms with Crippen molar-refractivity contribution in [3.05, 3.63) is 54.1 Å². The Kier molecular flexibility index (Phi) is 2.70. The van der Waals surface area contributed by atoms with Gasteiger partial charge in [0.1, 0.15) is 17.1 Å². The molecule has 0 aliphatic carbocycles. The molecule has 0 fully saturated rings. The van der Waals surface area contributed by atoms with Crippen molar-refractivity contribution < 1.29 is 9.15 Å². The van der Waals surface area contributed by atoms with Crippen LogP contribution in [0.1, 0.15) is 5.56 Å². The number of methoxy groups -OCH3 is 1. The summed E-state index contributed by atoms with van der Waals surface area (Å²) in [4.78, 5) is 0. The Bertz CT molecular complexity index is 764. The number of furan rings is 1. The molecule has 0 unspecified atom stereocenters. The number of fused-ring (bicyclic) bond motifs is 1. The Labute approximate surface area is 110 Å². The summed E-state index contributed by atoms with van der Waals surface area (Å²) in [5.74, 6) is 1.56. The van der Waals surface area contributed by atoms with Gasteiger partial charge in [-0.05, 0) is 42.5 Å². The van der Waals surface area contributed by atoms with Crippen LogP contribution in [0.15, 0.2) is 52.9 Å². The van der Waals surface area contributed by atoms with E-state index in [2.05, 4.69) is 6.07 Å². The lowest BCUT2D eigenvalue weighted by Gasteiger charge is -1.97. The number of rotatable bonds is 2. The molecule has 0 spiro atoms. The third-order valence-corrected chi connectivity index (χ3v) is 3.03. The average Bonchev–Trinajstić information content (AvgIpc) is 2.90. The quantitative estimate of drug-likeness (QED) is 0.690. The van der Waals surface area contributed by atoms with Crippen LogP contribution in [0.25, 0.3) is 22.3 Å². The maximum atomic E-state index is 8.78. The normalized spacial score (nSPS) is 10.3. The van der Waals surface area contributed by atoms with Crippen LogP contribution in [0, 0.1) is 11.3 Å². The summed E-state index contributed by atoms with van der Waals surface area (Å²) in [6, 6.07) is 17.1. The zero-order chi connectivity index (χ0) is 13.2. The molecule has 0 saturated heterocycles. The fourth-order valence-corrected chi connectivity index (χ4v) is 1.99. The number of benzene rings is 2. The molecular weight excluding hydrogens is 238 g/mol. The van der Waals surface area contributed by atoms with Crippen LogP contribution in [-0.4, -0.2) is 7.11 Å². The maximum absolute atomic E-state index is 8.78. The fourth-order valence-electron chi connectivity index (χ4n) is 1.99. The molecule has 3 aromatic rings. The highest BCUT2D eigenvalue weighted by Gasteiger charge is 2.07. The predicted octanol–water partition coefficient (Wildman–Crippen LogP) is 3.98. The van der Waals surface area contributed by atoms with Crippen LogP contribution in [0.3, 0.4) is 0 Å². The first-order valence-electron chi connectivity index (χ1n) is 5.88. The lowest BCUT2D eigenvalue weighted by molar-refractivity contribution is 0.414. The largest absolute Gasteiger partial charge is 0.497 e. The summed E-state index contributed by atoms with van der Waals surface area (Å²) < 4.78 is 11.0. The topological polar surface area (TPSA) is 46.2 Å². The van der Waals surface area contributed by atoms with Crippen LogP contribution in [0.4, 0.5) is 0 Å². The van der Waals surface area contributed by atoms with Crippen LogP contribution >= 0.6 is 0 Å². The van der Waals surface area contributed by atoms with Gasteiger partial charge in [0.2, 0.25) is 0 Å². The third-order valence-electron chi connectivity index (χ3n) is 3.03. The molecule has 0 aliphatic rings. The summed E-state index contributed by atoms with van der Waals surface area (Å²) >= 11 is 0. The zero-order valence-corrected chi connectivity index (χ0v) is 10.4. The maximum Gasteiger partial charge on any atom is 0.138 e. The molecule has 0 atom stereocenters. The van der Waals surface area contributed by atoms with E-state index in [4.69, 9.17) is 14.4 Å². The van der Waals surface area contributed by atoms with E-state index in [0.29, 0.717) is 5.56 Å². The first-order chi connectivity index (χ1) is 9.30. The second-order valence-corrected chi connectivity index (χ2v) is 4.20. The minimum atomic E-state index is 0.640. The van der Waals surface area contributed by atoms with Crippen molar-refractivity contribution in [2.45, 2.75) is 0 Å². The molecule has 0 N–H and O–H groups in total. The van der Waals surface area contributed by atoms with E-state index in [-0.39, 0.29) is 0 Å². The summed E-state index contributed by atoms with van der Waals surface area (Å²) in [5.41, 5.74) is 2.38. The molecule has 2 aromatic carbocycles. The molecule has 0 saturated carbocycles. The predicted molar refractivity (Wildman–Crippen MR) is 72.9 cm³/mol. The van der Waals surface area contributed by atoms with Crippen molar-refractivity contribution in [3.8, 4) is 23.1 Å². The van der Waals surface area contributed by atoms with Crippen molar-refractivity contribution in [2.24, 2.45) is 0 Å². The minimum Gasteiger partial charge on any atom is -0.497 e. The summed E-state index contributed by atoms with van der Waals surface area (Å²) in [5, 5.41) is 9.81. The highest BCUT2D eigenvalue weighted by atomic mass is 16.5. The highest BCUT2D eigenvalue weighted by molar-refractivity contribution is 5.84. The number of ether oxygens (including phenoxy) is 1. The Morgan fingerprint density at radius 1 is 1.05 bits per heavy atom. The van der Waals surface area contributed by atoms with Crippen LogP contribution in [0.2, 0.25) is 0 Å². The number of hydrogen-bond acceptors (Lipinski definition) is 3. The minimum absolute atomic E-state index is 0.640. The molecule has 1 aromatic heterocycles. The van der Waals surface area contributed by atoms with Gasteiger partial charge in [0, 0.05) is 17.0 Å². The van der Waals surface area contributed by atoms with Crippen molar-refractivity contribution >= 4 is 11.0 Å². The monoisotopic (exact) mass is 249 g/mol. The van der Waals surface area contributed by atoms with Crippen molar-refractivity contribution in [1.29, 1.82) is 5.26 Å². The van der Waals surface area contributed by atoms with Gasteiger partial charge < -0.3 is 9.15 Å². The van der Waals surface area contributed by atoms with Gasteiger partial charge in [-0.1, -0.05) is 0 Å². The van der Waals surface area contributed by atoms with Crippen molar-refractivity contribution in [2.75, 3.05) is 7.11 Å². The summed E-state index contributed by atoms with van der Waals surface area (Å²) in [6.07, 6.45) is 0. The van der Waals surface area contributed by atoms with Gasteiger partial charge in [0.25, 0.3) is 0 Å². The summed E-state index contributed by atoms with van der Waals surface area (Å²) in [7, 11) is 1.63. The number of hydrogen-bond donors (Lipinski definition) is 0. The first-order valence-corrected chi connectivity index (χ1v) is 5.88. The molecule has 0 radical (unpaired) electrons. The van der Waals surface area contributed by atoms with Gasteiger partial charge in [-0.25, -0.2) is 0 Å². The Morgan fingerprint density at radius 3 is 2.53 bits per heavy atom. The number of nitrogens with zero attached hydrogens (tertiary/aromatic N) is 1. The molecule has 0 aliphatic heterocycles. The molecule has 0 amide bonds. The van der Waals surface area contributed by atoms with E-state index < -0.39 is 0 Å². The number of nitriles is 1. The lowest BCUT2D eigenvalue weighted by atomic mass is 10.1. The van der Waals surface area contributed by atoms with Crippen LogP contribution in [0.5, 0.6) is 5.75 Å². The zero-order valence-electron chi connectivity index (χ0n) is 10.4. The fraction of sp³-hybridized carbons (Fsp3) is 0.0625. The molecule has 1 heterocycles. The van der Waals surface area contributed by atoms with E-state index in [9.17, 15) is 0 Å². The van der Waals surface area contributed by atoms with Gasteiger partial charge in [0.05, 0.1) is 18.7 Å². The van der Waals surface area contributed by atoms with E-state index in [0.717, 1.165) is 28.0 Å². The Morgan fingerprint density at radius 2 is 1.84 bits per heavy atom. The van der Waals surface area contributed by atoms with Gasteiger partial charge in [-0.3, -0.25) is 0 Å². The summed E-state index contributed by atoms with van der Waals surface area (Å²) in [6.45, 7) is 0. The molecule has 3 nitrogen and oxygen atoms in total. The van der Waals surface area contributed by atoms with E-state index in [1.807, 2.05) is 36.4 Å². The first kappa shape index (κ1) is 11.4. The molecule has 3 rings (SSSR count). The second kappa shape index (κ2) is 4.51. The third kappa shape index (κ3) is 2.04. The Hall–Kier alpha value is -2.73. The Balaban J connectivity index is 2.07. The molecule has 19 heavy (non-hydrogen) atoms. The van der Waals surface area contributed by atoms with Crippen molar-refractivity contribution in [1.82, 2.24) is 0 Å². The molecule has 0 bridgehead atoms.